The molecule has 2 aromatic carbocycles. The lowest BCUT2D eigenvalue weighted by atomic mass is 9.73. The van der Waals surface area contributed by atoms with Crippen LogP contribution in [0.1, 0.15) is 26.7 Å². The maximum absolute atomic E-state index is 14.6. The van der Waals surface area contributed by atoms with Crippen molar-refractivity contribution in [1.29, 1.82) is 0 Å². The first-order chi connectivity index (χ1) is 21.3. The highest BCUT2D eigenvalue weighted by Crippen LogP contribution is 2.58. The molecular formula is C34H39N3O7. The van der Waals surface area contributed by atoms with E-state index in [-0.39, 0.29) is 37.4 Å². The Kier molecular flexibility index (Phi) is 7.98. The Morgan fingerprint density at radius 1 is 0.841 bits per heavy atom. The Morgan fingerprint density at radius 2 is 1.45 bits per heavy atom. The minimum absolute atomic E-state index is 0.142. The van der Waals surface area contributed by atoms with E-state index in [4.69, 9.17) is 14.2 Å². The largest absolute Gasteiger partial charge is 0.497 e. The number of ether oxygens (including phenoxy) is 3. The van der Waals surface area contributed by atoms with Gasteiger partial charge in [-0.3, -0.25) is 14.4 Å². The second-order valence-corrected chi connectivity index (χ2v) is 11.6. The van der Waals surface area contributed by atoms with Crippen molar-refractivity contribution in [3.8, 4) is 11.5 Å². The monoisotopic (exact) mass is 601 g/mol. The number of likely N-dealkylation sites (tertiary alicyclic amines) is 1. The predicted molar refractivity (Wildman–Crippen MR) is 165 cm³/mol. The predicted octanol–water partition coefficient (Wildman–Crippen LogP) is 3.34. The molecule has 44 heavy (non-hydrogen) atoms. The van der Waals surface area contributed by atoms with Crippen molar-refractivity contribution in [1.82, 2.24) is 4.90 Å². The molecule has 0 aliphatic carbocycles. The smallest absolute Gasteiger partial charge is 0.253 e. The summed E-state index contributed by atoms with van der Waals surface area (Å²) in [6.45, 7) is 5.01. The Bertz CT molecular complexity index is 1470. The molecule has 1 unspecified atom stereocenters. The van der Waals surface area contributed by atoms with Crippen LogP contribution in [-0.2, 0) is 19.1 Å². The molecule has 2 saturated heterocycles. The van der Waals surface area contributed by atoms with E-state index in [0.717, 1.165) is 0 Å². The van der Waals surface area contributed by atoms with Crippen LogP contribution in [0.5, 0.6) is 11.5 Å². The van der Waals surface area contributed by atoms with E-state index < -0.39 is 29.1 Å². The van der Waals surface area contributed by atoms with Crippen LogP contribution < -0.4 is 19.3 Å². The van der Waals surface area contributed by atoms with E-state index in [0.29, 0.717) is 48.9 Å². The molecule has 6 rings (SSSR count). The highest BCUT2D eigenvalue weighted by atomic mass is 16.5. The molecule has 4 aliphatic heterocycles. The molecule has 10 heteroatoms. The molecule has 1 N–H and O–H groups in total. The maximum atomic E-state index is 14.6. The van der Waals surface area contributed by atoms with E-state index in [1.165, 1.54) is 4.90 Å². The molecule has 232 valence electrons. The van der Waals surface area contributed by atoms with Crippen molar-refractivity contribution < 1.29 is 33.7 Å². The number of methoxy groups -OCH3 is 1. The van der Waals surface area contributed by atoms with E-state index >= 15 is 0 Å². The zero-order chi connectivity index (χ0) is 31.1. The Hall–Kier alpha value is -4.15. The fraction of sp³-hybridized carbons (Fsp3) is 0.441. The number of anilines is 2. The van der Waals surface area contributed by atoms with Gasteiger partial charge >= 0.3 is 0 Å². The van der Waals surface area contributed by atoms with E-state index in [9.17, 15) is 19.5 Å². The van der Waals surface area contributed by atoms with Crippen LogP contribution in [-0.4, -0.2) is 84.9 Å². The average molecular weight is 602 g/mol. The van der Waals surface area contributed by atoms with Crippen molar-refractivity contribution in [3.05, 3.63) is 72.8 Å². The topological polar surface area (TPSA) is 109 Å². The van der Waals surface area contributed by atoms with Crippen molar-refractivity contribution in [3.63, 3.8) is 0 Å². The Morgan fingerprint density at radius 3 is 2.05 bits per heavy atom. The molecule has 5 atom stereocenters. The van der Waals surface area contributed by atoms with E-state index in [2.05, 4.69) is 0 Å². The number of aliphatic hydroxyl groups excluding tert-OH is 1. The summed E-state index contributed by atoms with van der Waals surface area (Å²) in [5.41, 5.74) is -1.11. The molecule has 4 heterocycles. The van der Waals surface area contributed by atoms with Gasteiger partial charge in [-0.25, -0.2) is 0 Å². The molecule has 0 radical (unpaired) electrons. The van der Waals surface area contributed by atoms with Crippen LogP contribution in [0.15, 0.2) is 72.8 Å². The number of benzene rings is 2. The number of rotatable bonds is 9. The number of amides is 3. The SMILES string of the molecule is CCOc1ccc(N2CC=C[C@]3(CC)O[C@]45C=CCN(c6ccc(OC)cc6)C(=O)C4N(CCCO)C(=O)[C@@H]5[C@@H]3C2=O)cc1. The van der Waals surface area contributed by atoms with Gasteiger partial charge in [0.25, 0.3) is 5.91 Å². The third kappa shape index (κ3) is 4.59. The quantitative estimate of drug-likeness (QED) is 0.439. The lowest BCUT2D eigenvalue weighted by Gasteiger charge is -2.38. The molecule has 2 aromatic rings. The van der Waals surface area contributed by atoms with Gasteiger partial charge < -0.3 is 34.0 Å². The second kappa shape index (κ2) is 11.7. The average Bonchev–Trinajstić information content (AvgIpc) is 3.32. The Balaban J connectivity index is 1.43. The first-order valence-electron chi connectivity index (χ1n) is 15.3. The van der Waals surface area contributed by atoms with Gasteiger partial charge in [-0.2, -0.15) is 0 Å². The number of fused-ring (bicyclic) bond motifs is 2. The first-order valence-corrected chi connectivity index (χ1v) is 15.3. The van der Waals surface area contributed by atoms with Crippen LogP contribution in [0.2, 0.25) is 0 Å². The minimum atomic E-state index is -1.37. The molecule has 1 spiro atoms. The third-order valence-corrected chi connectivity index (χ3v) is 9.34. The zero-order valence-electron chi connectivity index (χ0n) is 25.3. The van der Waals surface area contributed by atoms with Crippen molar-refractivity contribution in [2.75, 3.05) is 49.8 Å². The van der Waals surface area contributed by atoms with E-state index in [1.54, 1.807) is 29.0 Å². The van der Waals surface area contributed by atoms with Crippen molar-refractivity contribution >= 4 is 29.1 Å². The summed E-state index contributed by atoms with van der Waals surface area (Å²) in [4.78, 5) is 48.5. The summed E-state index contributed by atoms with van der Waals surface area (Å²) >= 11 is 0. The third-order valence-electron chi connectivity index (χ3n) is 9.34. The minimum Gasteiger partial charge on any atom is -0.497 e. The van der Waals surface area contributed by atoms with Gasteiger partial charge in [0.05, 0.1) is 31.2 Å². The fourth-order valence-corrected chi connectivity index (χ4v) is 7.36. The molecule has 0 saturated carbocycles. The van der Waals surface area contributed by atoms with Crippen LogP contribution in [0.3, 0.4) is 0 Å². The van der Waals surface area contributed by atoms with Gasteiger partial charge in [-0.05, 0) is 68.3 Å². The summed E-state index contributed by atoms with van der Waals surface area (Å²) in [5, 5.41) is 9.70. The lowest BCUT2D eigenvalue weighted by Crippen LogP contribution is -2.56. The van der Waals surface area contributed by atoms with Gasteiger partial charge in [-0.15, -0.1) is 0 Å². The van der Waals surface area contributed by atoms with Gasteiger partial charge in [0.15, 0.2) is 0 Å². The molecule has 0 bridgehead atoms. The van der Waals surface area contributed by atoms with Crippen molar-refractivity contribution in [2.24, 2.45) is 11.8 Å². The highest BCUT2D eigenvalue weighted by Gasteiger charge is 2.75. The normalized spacial score (nSPS) is 29.3. The number of aliphatic hydroxyl groups is 1. The summed E-state index contributed by atoms with van der Waals surface area (Å²) in [7, 11) is 1.58. The van der Waals surface area contributed by atoms with Crippen LogP contribution in [0, 0.1) is 11.8 Å². The van der Waals surface area contributed by atoms with Gasteiger partial charge in [0, 0.05) is 37.6 Å². The molecule has 0 aromatic heterocycles. The molecule has 4 aliphatic rings. The lowest BCUT2D eigenvalue weighted by molar-refractivity contribution is -0.145. The summed E-state index contributed by atoms with van der Waals surface area (Å²) in [6, 6.07) is 13.5. The number of hydrogen-bond acceptors (Lipinski definition) is 7. The van der Waals surface area contributed by atoms with Crippen molar-refractivity contribution in [2.45, 2.75) is 43.9 Å². The molecule has 3 amide bonds. The zero-order valence-corrected chi connectivity index (χ0v) is 25.3. The maximum Gasteiger partial charge on any atom is 0.253 e. The second-order valence-electron chi connectivity index (χ2n) is 11.6. The van der Waals surface area contributed by atoms with Gasteiger partial charge in [0.1, 0.15) is 23.1 Å². The van der Waals surface area contributed by atoms with Crippen LogP contribution >= 0.6 is 0 Å². The number of hydrogen-bond donors (Lipinski definition) is 1. The summed E-state index contributed by atoms with van der Waals surface area (Å²) in [6.07, 6.45) is 8.28. The summed E-state index contributed by atoms with van der Waals surface area (Å²) < 4.78 is 17.9. The number of carbonyl (C=O) groups is 3. The van der Waals surface area contributed by atoms with Gasteiger partial charge in [-0.1, -0.05) is 31.2 Å². The number of carbonyl (C=O) groups excluding carboxylic acids is 3. The highest BCUT2D eigenvalue weighted by molar-refractivity contribution is 6.07. The molecular weight excluding hydrogens is 562 g/mol. The molecule has 10 nitrogen and oxygen atoms in total. The standard InChI is InChI=1S/C34H39N3O7/c1-4-33-17-6-19-35(23-11-15-26(16-12-23)43-5-2)30(39)27(33)28-31(40)37(21-8-22-38)29-32(41)36(20-7-18-34(28,29)44-33)24-9-13-25(42-3)14-10-24/h6-7,9-18,27-29,38H,4-5,8,19-22H2,1-3H3/t27-,28+,29?,33+,34+/m1/s1. The first kappa shape index (κ1) is 29.9. The van der Waals surface area contributed by atoms with E-state index in [1.807, 2.05) is 74.5 Å². The van der Waals surface area contributed by atoms with Crippen LogP contribution in [0.25, 0.3) is 0 Å². The fourth-order valence-electron chi connectivity index (χ4n) is 7.36. The molecule has 2 fully saturated rings. The summed E-state index contributed by atoms with van der Waals surface area (Å²) in [5.74, 6) is -1.26. The van der Waals surface area contributed by atoms with Gasteiger partial charge in [0.2, 0.25) is 11.8 Å². The number of nitrogens with zero attached hydrogens (tertiary/aromatic N) is 3. The Labute approximate surface area is 257 Å². The van der Waals surface area contributed by atoms with Crippen LogP contribution in [0.4, 0.5) is 11.4 Å².